The van der Waals surface area contributed by atoms with Crippen LogP contribution < -0.4 is 15.8 Å². The molecule has 80 valence electrons. The number of para-hydroxylation sites is 1. The van der Waals surface area contributed by atoms with Crippen LogP contribution in [0.1, 0.15) is 19.8 Å². The summed E-state index contributed by atoms with van der Waals surface area (Å²) in [6, 6.07) is 10.1. The Bertz CT molecular complexity index is 339. The van der Waals surface area contributed by atoms with E-state index < -0.39 is 0 Å². The Kier molecular flexibility index (Phi) is 3.18. The predicted octanol–water partition coefficient (Wildman–Crippen LogP) is 2.01. The SMILES string of the molecule is CCC[C@@H]1NC(=S)N(c2ccccc2)N1. The number of hydrogen-bond donors (Lipinski definition) is 2. The summed E-state index contributed by atoms with van der Waals surface area (Å²) in [6.07, 6.45) is 2.47. The van der Waals surface area contributed by atoms with E-state index in [1.807, 2.05) is 35.3 Å². The molecule has 0 unspecified atom stereocenters. The van der Waals surface area contributed by atoms with Gasteiger partial charge < -0.3 is 5.32 Å². The summed E-state index contributed by atoms with van der Waals surface area (Å²) in [5.41, 5.74) is 4.42. The van der Waals surface area contributed by atoms with E-state index in [9.17, 15) is 0 Å². The van der Waals surface area contributed by atoms with Crippen molar-refractivity contribution >= 4 is 23.0 Å². The normalized spacial score (nSPS) is 20.5. The van der Waals surface area contributed by atoms with Gasteiger partial charge in [-0.2, -0.15) is 0 Å². The highest BCUT2D eigenvalue weighted by molar-refractivity contribution is 7.80. The van der Waals surface area contributed by atoms with Crippen molar-refractivity contribution in [3.63, 3.8) is 0 Å². The highest BCUT2D eigenvalue weighted by Gasteiger charge is 2.24. The summed E-state index contributed by atoms with van der Waals surface area (Å²) < 4.78 is 0. The number of rotatable bonds is 3. The van der Waals surface area contributed by atoms with Gasteiger partial charge in [0.05, 0.1) is 11.9 Å². The van der Waals surface area contributed by atoms with Crippen LogP contribution in [0.4, 0.5) is 5.69 Å². The van der Waals surface area contributed by atoms with Crippen molar-refractivity contribution in [3.05, 3.63) is 30.3 Å². The number of benzene rings is 1. The maximum absolute atomic E-state index is 5.27. The first-order valence-electron chi connectivity index (χ1n) is 5.23. The lowest BCUT2D eigenvalue weighted by Crippen LogP contribution is -2.37. The molecule has 1 atom stereocenters. The molecule has 0 aromatic heterocycles. The topological polar surface area (TPSA) is 27.3 Å². The number of anilines is 1. The fourth-order valence-electron chi connectivity index (χ4n) is 1.65. The molecule has 15 heavy (non-hydrogen) atoms. The van der Waals surface area contributed by atoms with Crippen LogP contribution in [0.5, 0.6) is 0 Å². The van der Waals surface area contributed by atoms with E-state index >= 15 is 0 Å². The molecule has 3 nitrogen and oxygen atoms in total. The Balaban J connectivity index is 2.09. The summed E-state index contributed by atoms with van der Waals surface area (Å²) in [4.78, 5) is 0. The Labute approximate surface area is 95.4 Å². The third-order valence-corrected chi connectivity index (χ3v) is 2.68. The third kappa shape index (κ3) is 2.27. The van der Waals surface area contributed by atoms with Gasteiger partial charge in [-0.25, -0.2) is 5.43 Å². The van der Waals surface area contributed by atoms with Gasteiger partial charge in [0.15, 0.2) is 5.11 Å². The first-order chi connectivity index (χ1) is 7.31. The molecule has 1 aromatic rings. The second-order valence-electron chi connectivity index (χ2n) is 3.59. The van der Waals surface area contributed by atoms with Crippen molar-refractivity contribution in [1.29, 1.82) is 0 Å². The molecule has 2 rings (SSSR count). The lowest BCUT2D eigenvalue weighted by atomic mass is 10.3. The molecule has 1 aliphatic heterocycles. The second-order valence-corrected chi connectivity index (χ2v) is 3.98. The van der Waals surface area contributed by atoms with Crippen molar-refractivity contribution < 1.29 is 0 Å². The van der Waals surface area contributed by atoms with Gasteiger partial charge in [0.2, 0.25) is 0 Å². The molecule has 4 heteroatoms. The smallest absolute Gasteiger partial charge is 0.189 e. The van der Waals surface area contributed by atoms with Gasteiger partial charge in [0.25, 0.3) is 0 Å². The Morgan fingerprint density at radius 3 is 2.73 bits per heavy atom. The molecule has 1 aliphatic rings. The van der Waals surface area contributed by atoms with Crippen LogP contribution in [-0.2, 0) is 0 Å². The first-order valence-corrected chi connectivity index (χ1v) is 5.64. The Morgan fingerprint density at radius 2 is 2.07 bits per heavy atom. The molecular weight excluding hydrogens is 206 g/mol. The highest BCUT2D eigenvalue weighted by atomic mass is 32.1. The van der Waals surface area contributed by atoms with E-state index in [0.717, 1.165) is 23.6 Å². The fraction of sp³-hybridized carbons (Fsp3) is 0.364. The van der Waals surface area contributed by atoms with Gasteiger partial charge in [-0.15, -0.1) is 0 Å². The van der Waals surface area contributed by atoms with E-state index in [-0.39, 0.29) is 6.17 Å². The molecule has 0 saturated carbocycles. The van der Waals surface area contributed by atoms with Gasteiger partial charge in [-0.1, -0.05) is 31.5 Å². The zero-order chi connectivity index (χ0) is 10.7. The lowest BCUT2D eigenvalue weighted by molar-refractivity contribution is 0.508. The van der Waals surface area contributed by atoms with E-state index in [0.29, 0.717) is 0 Å². The Morgan fingerprint density at radius 1 is 1.33 bits per heavy atom. The average Bonchev–Trinajstić information content (AvgIpc) is 2.61. The maximum atomic E-state index is 5.27. The summed E-state index contributed by atoms with van der Waals surface area (Å²) in [6.45, 7) is 2.16. The molecule has 0 amide bonds. The minimum Gasteiger partial charge on any atom is -0.344 e. The fourth-order valence-corrected chi connectivity index (χ4v) is 1.95. The van der Waals surface area contributed by atoms with Crippen LogP contribution in [0.3, 0.4) is 0 Å². The summed E-state index contributed by atoms with van der Waals surface area (Å²) >= 11 is 5.27. The zero-order valence-electron chi connectivity index (χ0n) is 8.73. The predicted molar refractivity (Wildman–Crippen MR) is 66.5 cm³/mol. The zero-order valence-corrected chi connectivity index (χ0v) is 9.55. The van der Waals surface area contributed by atoms with Gasteiger partial charge in [-0.3, -0.25) is 5.01 Å². The molecule has 0 spiro atoms. The monoisotopic (exact) mass is 221 g/mol. The van der Waals surface area contributed by atoms with Crippen LogP contribution in [0.25, 0.3) is 0 Å². The molecule has 1 fully saturated rings. The first kappa shape index (κ1) is 10.4. The number of nitrogens with zero attached hydrogens (tertiary/aromatic N) is 1. The van der Waals surface area contributed by atoms with Crippen molar-refractivity contribution in [2.45, 2.75) is 25.9 Å². The van der Waals surface area contributed by atoms with E-state index in [2.05, 4.69) is 17.7 Å². The number of hydrogen-bond acceptors (Lipinski definition) is 2. The van der Waals surface area contributed by atoms with Gasteiger partial charge in [0.1, 0.15) is 0 Å². The Hall–Kier alpha value is -1.13. The summed E-state index contributed by atoms with van der Waals surface area (Å²) in [7, 11) is 0. The van der Waals surface area contributed by atoms with Gasteiger partial charge in [-0.05, 0) is 30.8 Å². The summed E-state index contributed by atoms with van der Waals surface area (Å²) in [5, 5.41) is 5.93. The molecule has 1 heterocycles. The van der Waals surface area contributed by atoms with E-state index in [1.54, 1.807) is 0 Å². The molecular formula is C11H15N3S. The van der Waals surface area contributed by atoms with Crippen LogP contribution in [0.15, 0.2) is 30.3 Å². The van der Waals surface area contributed by atoms with Gasteiger partial charge >= 0.3 is 0 Å². The van der Waals surface area contributed by atoms with Crippen LogP contribution >= 0.6 is 12.2 Å². The largest absolute Gasteiger partial charge is 0.344 e. The lowest BCUT2D eigenvalue weighted by Gasteiger charge is -2.17. The maximum Gasteiger partial charge on any atom is 0.189 e. The molecule has 0 bridgehead atoms. The van der Waals surface area contributed by atoms with Crippen molar-refractivity contribution in [2.75, 3.05) is 5.01 Å². The second kappa shape index (κ2) is 4.59. The van der Waals surface area contributed by atoms with Crippen molar-refractivity contribution in [2.24, 2.45) is 0 Å². The van der Waals surface area contributed by atoms with Gasteiger partial charge in [0, 0.05) is 0 Å². The van der Waals surface area contributed by atoms with Crippen molar-refractivity contribution in [3.8, 4) is 0 Å². The number of nitrogens with one attached hydrogen (secondary N) is 2. The van der Waals surface area contributed by atoms with E-state index in [1.165, 1.54) is 0 Å². The van der Waals surface area contributed by atoms with E-state index in [4.69, 9.17) is 12.2 Å². The highest BCUT2D eigenvalue weighted by Crippen LogP contribution is 2.15. The quantitative estimate of drug-likeness (QED) is 0.764. The third-order valence-electron chi connectivity index (χ3n) is 2.38. The number of thiocarbonyl (C=S) groups is 1. The van der Waals surface area contributed by atoms with Crippen LogP contribution in [0.2, 0.25) is 0 Å². The summed E-state index contributed by atoms with van der Waals surface area (Å²) in [5.74, 6) is 0. The molecule has 1 saturated heterocycles. The average molecular weight is 221 g/mol. The van der Waals surface area contributed by atoms with Crippen LogP contribution in [0, 0.1) is 0 Å². The standard InChI is InChI=1S/C11H15N3S/c1-2-6-10-12-11(15)14(13-10)9-7-4-3-5-8-9/h3-5,7-8,10,13H,2,6H2,1H3,(H,12,15)/t10-/m1/s1. The minimum atomic E-state index is 0.266. The number of hydrazine groups is 1. The molecule has 2 N–H and O–H groups in total. The molecule has 0 radical (unpaired) electrons. The molecule has 0 aliphatic carbocycles. The molecule has 1 aromatic carbocycles. The minimum absolute atomic E-state index is 0.266. The van der Waals surface area contributed by atoms with Crippen LogP contribution in [-0.4, -0.2) is 11.3 Å². The van der Waals surface area contributed by atoms with Crippen molar-refractivity contribution in [1.82, 2.24) is 10.7 Å².